The molecular formula is C20H22N4O3. The number of carbonyl (C=O) groups excluding carboxylic acids is 1. The minimum Gasteiger partial charge on any atom is -0.476 e. The molecule has 2 aromatic rings. The lowest BCUT2D eigenvalue weighted by atomic mass is 9.87. The Labute approximate surface area is 157 Å². The van der Waals surface area contributed by atoms with E-state index in [-0.39, 0.29) is 23.6 Å². The molecule has 140 valence electrons. The third-order valence-electron chi connectivity index (χ3n) is 5.74. The van der Waals surface area contributed by atoms with Crippen LogP contribution < -0.4 is 4.90 Å². The van der Waals surface area contributed by atoms with Gasteiger partial charge in [-0.15, -0.1) is 0 Å². The van der Waals surface area contributed by atoms with Crippen molar-refractivity contribution in [3.63, 3.8) is 0 Å². The monoisotopic (exact) mass is 366 g/mol. The number of likely N-dealkylation sites (tertiary alicyclic amines) is 1. The van der Waals surface area contributed by atoms with Crippen molar-refractivity contribution in [1.29, 1.82) is 0 Å². The fourth-order valence-electron chi connectivity index (χ4n) is 4.48. The second-order valence-electron chi connectivity index (χ2n) is 7.37. The first-order valence-corrected chi connectivity index (χ1v) is 9.08. The molecule has 0 aliphatic carbocycles. The molecule has 7 nitrogen and oxygen atoms in total. The molecule has 3 atom stereocenters. The van der Waals surface area contributed by atoms with E-state index in [9.17, 15) is 9.59 Å². The number of fused-ring (bicyclic) bond motifs is 1. The Morgan fingerprint density at radius 3 is 2.63 bits per heavy atom. The molecule has 0 spiro atoms. The summed E-state index contributed by atoms with van der Waals surface area (Å²) in [6, 6.07) is 8.25. The Bertz CT molecular complexity index is 900. The molecule has 0 saturated carbocycles. The highest BCUT2D eigenvalue weighted by Crippen LogP contribution is 2.46. The van der Waals surface area contributed by atoms with Crippen LogP contribution in [0.3, 0.4) is 0 Å². The number of anilines is 1. The fourth-order valence-corrected chi connectivity index (χ4v) is 4.48. The van der Waals surface area contributed by atoms with E-state index in [1.807, 2.05) is 17.0 Å². The lowest BCUT2D eigenvalue weighted by Gasteiger charge is -2.30. The normalized spacial score (nSPS) is 24.1. The second-order valence-corrected chi connectivity index (χ2v) is 7.37. The van der Waals surface area contributed by atoms with E-state index in [1.165, 1.54) is 17.3 Å². The van der Waals surface area contributed by atoms with Crippen LogP contribution in [-0.2, 0) is 4.79 Å². The van der Waals surface area contributed by atoms with Crippen molar-refractivity contribution in [2.24, 2.45) is 11.8 Å². The molecule has 2 fully saturated rings. The van der Waals surface area contributed by atoms with E-state index in [2.05, 4.69) is 33.9 Å². The number of amides is 1. The summed E-state index contributed by atoms with van der Waals surface area (Å²) in [7, 11) is 0. The number of benzene rings is 1. The van der Waals surface area contributed by atoms with Crippen molar-refractivity contribution in [3.05, 3.63) is 53.5 Å². The first-order valence-electron chi connectivity index (χ1n) is 9.08. The Balaban J connectivity index is 1.64. The Kier molecular flexibility index (Phi) is 4.30. The third kappa shape index (κ3) is 3.03. The number of aryl methyl sites for hydroxylation is 1. The van der Waals surface area contributed by atoms with E-state index >= 15 is 0 Å². The molecule has 27 heavy (non-hydrogen) atoms. The predicted molar refractivity (Wildman–Crippen MR) is 99.5 cm³/mol. The predicted octanol–water partition coefficient (Wildman–Crippen LogP) is 2.14. The highest BCUT2D eigenvalue weighted by atomic mass is 16.4. The molecule has 1 N–H and O–H groups in total. The number of hydrogen-bond donors (Lipinski definition) is 1. The molecule has 0 radical (unpaired) electrons. The molecule has 0 bridgehead atoms. The topological polar surface area (TPSA) is 86.6 Å². The van der Waals surface area contributed by atoms with Crippen LogP contribution in [0.25, 0.3) is 0 Å². The van der Waals surface area contributed by atoms with Crippen molar-refractivity contribution >= 4 is 17.7 Å². The largest absolute Gasteiger partial charge is 0.476 e. The van der Waals surface area contributed by atoms with Gasteiger partial charge in [-0.2, -0.15) is 0 Å². The van der Waals surface area contributed by atoms with Crippen molar-refractivity contribution in [3.8, 4) is 0 Å². The molecule has 2 aliphatic heterocycles. The van der Waals surface area contributed by atoms with Gasteiger partial charge in [0.25, 0.3) is 0 Å². The minimum absolute atomic E-state index is 0.0364. The van der Waals surface area contributed by atoms with Crippen LogP contribution in [0.4, 0.5) is 5.82 Å². The third-order valence-corrected chi connectivity index (χ3v) is 5.74. The number of aromatic nitrogens is 2. The number of carboxylic acids is 1. The number of nitrogens with zero attached hydrogens (tertiary/aromatic N) is 4. The maximum atomic E-state index is 12.3. The summed E-state index contributed by atoms with van der Waals surface area (Å²) in [5, 5.41) is 9.17. The summed E-state index contributed by atoms with van der Waals surface area (Å²) < 4.78 is 0. The van der Waals surface area contributed by atoms with E-state index < -0.39 is 5.97 Å². The average Bonchev–Trinajstić information content (AvgIpc) is 3.20. The molecule has 2 aliphatic rings. The highest BCUT2D eigenvalue weighted by Gasteiger charge is 2.49. The van der Waals surface area contributed by atoms with Gasteiger partial charge in [-0.1, -0.05) is 24.3 Å². The Morgan fingerprint density at radius 2 is 1.93 bits per heavy atom. The summed E-state index contributed by atoms with van der Waals surface area (Å²) >= 11 is 0. The molecule has 4 rings (SSSR count). The van der Waals surface area contributed by atoms with Gasteiger partial charge in [0.1, 0.15) is 5.82 Å². The van der Waals surface area contributed by atoms with Crippen LogP contribution in [0.1, 0.15) is 34.6 Å². The second kappa shape index (κ2) is 6.64. The van der Waals surface area contributed by atoms with Crippen LogP contribution in [0.5, 0.6) is 0 Å². The molecule has 2 saturated heterocycles. The number of hydrogen-bond acceptors (Lipinski definition) is 5. The van der Waals surface area contributed by atoms with Crippen molar-refractivity contribution in [2.75, 3.05) is 24.5 Å². The van der Waals surface area contributed by atoms with Gasteiger partial charge in [0, 0.05) is 38.4 Å². The highest BCUT2D eigenvalue weighted by molar-refractivity contribution is 5.85. The van der Waals surface area contributed by atoms with Crippen LogP contribution in [0.15, 0.2) is 36.7 Å². The SMILES string of the molecule is CC(=O)N1C[C@H]2CN(c3cncc(C(=O)O)n3)C[C@H]2[C@@H]1c1ccccc1C. The number of carbonyl (C=O) groups is 2. The minimum atomic E-state index is -1.08. The van der Waals surface area contributed by atoms with Gasteiger partial charge in [-0.05, 0) is 18.1 Å². The molecule has 3 heterocycles. The van der Waals surface area contributed by atoms with Crippen molar-refractivity contribution < 1.29 is 14.7 Å². The van der Waals surface area contributed by atoms with Gasteiger partial charge >= 0.3 is 5.97 Å². The summed E-state index contributed by atoms with van der Waals surface area (Å²) in [6.45, 7) is 5.89. The Morgan fingerprint density at radius 1 is 1.15 bits per heavy atom. The van der Waals surface area contributed by atoms with Crippen LogP contribution in [0.2, 0.25) is 0 Å². The number of carboxylic acid groups (broad SMARTS) is 1. The summed E-state index contributed by atoms with van der Waals surface area (Å²) in [5.41, 5.74) is 2.32. The maximum Gasteiger partial charge on any atom is 0.356 e. The summed E-state index contributed by atoms with van der Waals surface area (Å²) in [5.74, 6) is 0.211. The fraction of sp³-hybridized carbons (Fsp3) is 0.400. The van der Waals surface area contributed by atoms with E-state index in [0.29, 0.717) is 18.3 Å². The molecule has 7 heteroatoms. The number of aromatic carboxylic acids is 1. The van der Waals surface area contributed by atoms with Gasteiger partial charge in [0.15, 0.2) is 5.69 Å². The first-order chi connectivity index (χ1) is 13.0. The maximum absolute atomic E-state index is 12.3. The molecular weight excluding hydrogens is 344 g/mol. The zero-order valence-electron chi connectivity index (χ0n) is 15.4. The van der Waals surface area contributed by atoms with E-state index in [4.69, 9.17) is 5.11 Å². The molecule has 1 aromatic carbocycles. The quantitative estimate of drug-likeness (QED) is 0.896. The first kappa shape index (κ1) is 17.5. The van der Waals surface area contributed by atoms with Gasteiger partial charge in [0.05, 0.1) is 18.4 Å². The average molecular weight is 366 g/mol. The lowest BCUT2D eigenvalue weighted by molar-refractivity contribution is -0.130. The van der Waals surface area contributed by atoms with Crippen LogP contribution in [-0.4, -0.2) is 51.5 Å². The van der Waals surface area contributed by atoms with Gasteiger partial charge in [-0.25, -0.2) is 9.78 Å². The smallest absolute Gasteiger partial charge is 0.356 e. The summed E-state index contributed by atoms with van der Waals surface area (Å²) in [4.78, 5) is 35.8. The van der Waals surface area contributed by atoms with Crippen molar-refractivity contribution in [1.82, 2.24) is 14.9 Å². The lowest BCUT2D eigenvalue weighted by Crippen LogP contribution is -2.35. The Hall–Kier alpha value is -2.96. The molecule has 0 unspecified atom stereocenters. The zero-order valence-corrected chi connectivity index (χ0v) is 15.4. The van der Waals surface area contributed by atoms with Crippen LogP contribution in [0, 0.1) is 18.8 Å². The molecule has 1 amide bonds. The van der Waals surface area contributed by atoms with Gasteiger partial charge in [0.2, 0.25) is 5.91 Å². The summed E-state index contributed by atoms with van der Waals surface area (Å²) in [6.07, 6.45) is 2.87. The standard InChI is InChI=1S/C20H22N4O3/c1-12-5-3-4-6-15(12)19-16-11-23(9-14(16)10-24(19)13(2)25)18-8-21-7-17(22-18)20(26)27/h3-8,14,16,19H,9-11H2,1-2H3,(H,26,27)/t14-,16-,19+/m1/s1. The number of rotatable bonds is 3. The van der Waals surface area contributed by atoms with Crippen molar-refractivity contribution in [2.45, 2.75) is 19.9 Å². The van der Waals surface area contributed by atoms with Gasteiger partial charge in [-0.3, -0.25) is 9.78 Å². The van der Waals surface area contributed by atoms with Crippen LogP contribution >= 0.6 is 0 Å². The van der Waals surface area contributed by atoms with E-state index in [1.54, 1.807) is 13.1 Å². The zero-order chi connectivity index (χ0) is 19.1. The van der Waals surface area contributed by atoms with Gasteiger partial charge < -0.3 is 14.9 Å². The molecule has 1 aromatic heterocycles. The van der Waals surface area contributed by atoms with E-state index in [0.717, 1.165) is 13.1 Å².